The van der Waals surface area contributed by atoms with Crippen LogP contribution in [0.4, 0.5) is 5.69 Å². The fraction of sp³-hybridized carbons (Fsp3) is 0.143. The van der Waals surface area contributed by atoms with E-state index < -0.39 is 5.91 Å². The van der Waals surface area contributed by atoms with Gasteiger partial charge in [-0.1, -0.05) is 6.07 Å². The maximum absolute atomic E-state index is 11.5. The molecule has 0 saturated heterocycles. The number of hydrogen-bond donors (Lipinski definition) is 1. The van der Waals surface area contributed by atoms with Crippen LogP contribution in [0.25, 0.3) is 0 Å². The molecule has 3 aliphatic rings. The van der Waals surface area contributed by atoms with Crippen molar-refractivity contribution in [1.82, 2.24) is 4.90 Å². The molecule has 6 nitrogen and oxygen atoms in total. The van der Waals surface area contributed by atoms with E-state index in [1.165, 1.54) is 0 Å². The third-order valence-electron chi connectivity index (χ3n) is 3.46. The minimum Gasteiger partial charge on any atom is -0.454 e. The number of nitrogens with zero attached hydrogens (tertiary/aromatic N) is 2. The number of carbonyl (C=O) groups is 1. The molecule has 3 aliphatic heterocycles. The van der Waals surface area contributed by atoms with Crippen LogP contribution in [0, 0.1) is 0 Å². The zero-order valence-corrected chi connectivity index (χ0v) is 10.5. The molecule has 100 valence electrons. The fourth-order valence-electron chi connectivity index (χ4n) is 2.53. The quantitative estimate of drug-likeness (QED) is 0.831. The summed E-state index contributed by atoms with van der Waals surface area (Å²) in [7, 11) is 0. The van der Waals surface area contributed by atoms with Gasteiger partial charge in [-0.3, -0.25) is 4.79 Å². The highest BCUT2D eigenvalue weighted by molar-refractivity contribution is 6.22. The van der Waals surface area contributed by atoms with Gasteiger partial charge in [-0.25, -0.2) is 4.99 Å². The van der Waals surface area contributed by atoms with Gasteiger partial charge in [0.05, 0.1) is 12.1 Å². The molecule has 0 fully saturated rings. The Bertz CT molecular complexity index is 719. The monoisotopic (exact) mass is 269 g/mol. The van der Waals surface area contributed by atoms with Crippen LogP contribution in [0.3, 0.4) is 0 Å². The van der Waals surface area contributed by atoms with Crippen LogP contribution in [-0.4, -0.2) is 23.4 Å². The molecule has 0 saturated carbocycles. The SMILES string of the molecule is NC(=O)C1=CC=CN2Cc3ccc4c(c3N=C12)OCO4. The third kappa shape index (κ3) is 1.45. The largest absolute Gasteiger partial charge is 0.454 e. The molecule has 0 bridgehead atoms. The Morgan fingerprint density at radius 2 is 2.25 bits per heavy atom. The molecular weight excluding hydrogens is 258 g/mol. The number of ether oxygens (including phenoxy) is 2. The van der Waals surface area contributed by atoms with Crippen LogP contribution in [0.2, 0.25) is 0 Å². The van der Waals surface area contributed by atoms with Gasteiger partial charge >= 0.3 is 0 Å². The van der Waals surface area contributed by atoms with E-state index in [4.69, 9.17) is 15.2 Å². The number of hydrogen-bond acceptors (Lipinski definition) is 5. The van der Waals surface area contributed by atoms with Crippen LogP contribution in [0.5, 0.6) is 11.5 Å². The van der Waals surface area contributed by atoms with Crippen LogP contribution in [0.1, 0.15) is 5.56 Å². The average molecular weight is 269 g/mol. The predicted octanol–water partition coefficient (Wildman–Crippen LogP) is 1.20. The second kappa shape index (κ2) is 3.86. The highest BCUT2D eigenvalue weighted by Crippen LogP contribution is 2.45. The molecule has 2 N–H and O–H groups in total. The Morgan fingerprint density at radius 1 is 1.35 bits per heavy atom. The summed E-state index contributed by atoms with van der Waals surface area (Å²) in [5.74, 6) is 1.37. The maximum Gasteiger partial charge on any atom is 0.252 e. The van der Waals surface area contributed by atoms with Crippen molar-refractivity contribution in [1.29, 1.82) is 0 Å². The summed E-state index contributed by atoms with van der Waals surface area (Å²) in [6.45, 7) is 0.810. The van der Waals surface area contributed by atoms with Crippen LogP contribution in [0.15, 0.2) is 41.1 Å². The Morgan fingerprint density at radius 3 is 3.10 bits per heavy atom. The Kier molecular flexibility index (Phi) is 2.14. The molecule has 1 amide bonds. The minimum atomic E-state index is -0.494. The molecule has 1 aromatic rings. The van der Waals surface area contributed by atoms with E-state index in [1.54, 1.807) is 12.2 Å². The van der Waals surface area contributed by atoms with Gasteiger partial charge in [0.25, 0.3) is 5.91 Å². The highest BCUT2D eigenvalue weighted by atomic mass is 16.7. The van der Waals surface area contributed by atoms with Gasteiger partial charge in [-0.05, 0) is 18.2 Å². The van der Waals surface area contributed by atoms with E-state index >= 15 is 0 Å². The molecule has 0 atom stereocenters. The van der Waals surface area contributed by atoms with E-state index in [0.29, 0.717) is 35.1 Å². The lowest BCUT2D eigenvalue weighted by Gasteiger charge is -2.30. The van der Waals surface area contributed by atoms with Gasteiger partial charge in [0.1, 0.15) is 11.5 Å². The molecule has 0 aromatic heterocycles. The lowest BCUT2D eigenvalue weighted by Crippen LogP contribution is -2.35. The second-order valence-electron chi connectivity index (χ2n) is 4.66. The summed E-state index contributed by atoms with van der Waals surface area (Å²) in [5, 5.41) is 0. The molecule has 20 heavy (non-hydrogen) atoms. The number of carbonyl (C=O) groups excluding carboxylic acids is 1. The summed E-state index contributed by atoms with van der Waals surface area (Å²) in [4.78, 5) is 18.0. The molecule has 0 unspecified atom stereocenters. The van der Waals surface area contributed by atoms with Crippen LogP contribution >= 0.6 is 0 Å². The lowest BCUT2D eigenvalue weighted by molar-refractivity contribution is -0.114. The van der Waals surface area contributed by atoms with E-state index in [9.17, 15) is 4.79 Å². The molecular formula is C14H11N3O3. The number of allylic oxidation sites excluding steroid dienone is 2. The van der Waals surface area contributed by atoms with Gasteiger partial charge in [0.2, 0.25) is 6.79 Å². The topological polar surface area (TPSA) is 77.2 Å². The fourth-order valence-corrected chi connectivity index (χ4v) is 2.53. The van der Waals surface area contributed by atoms with Gasteiger partial charge in [0, 0.05) is 11.8 Å². The number of aliphatic imine (C=N–C) groups is 1. The Balaban J connectivity index is 1.90. The Hall–Kier alpha value is -2.76. The molecule has 6 heteroatoms. The zero-order chi connectivity index (χ0) is 13.7. The smallest absolute Gasteiger partial charge is 0.252 e. The Labute approximate surface area is 114 Å². The van der Waals surface area contributed by atoms with Crippen molar-refractivity contribution in [2.45, 2.75) is 6.54 Å². The first-order valence-electron chi connectivity index (χ1n) is 6.19. The second-order valence-corrected chi connectivity index (χ2v) is 4.66. The number of fused-ring (bicyclic) bond motifs is 4. The van der Waals surface area contributed by atoms with Crippen molar-refractivity contribution in [3.8, 4) is 11.5 Å². The molecule has 0 spiro atoms. The van der Waals surface area contributed by atoms with Gasteiger partial charge in [0.15, 0.2) is 11.5 Å². The van der Waals surface area contributed by atoms with Gasteiger partial charge < -0.3 is 20.1 Å². The van der Waals surface area contributed by atoms with Crippen molar-refractivity contribution in [2.24, 2.45) is 10.7 Å². The van der Waals surface area contributed by atoms with E-state index in [1.807, 2.05) is 23.2 Å². The first kappa shape index (κ1) is 11.1. The summed E-state index contributed by atoms with van der Waals surface area (Å²) in [5.41, 5.74) is 7.54. The third-order valence-corrected chi connectivity index (χ3v) is 3.46. The normalized spacial score (nSPS) is 18.1. The average Bonchev–Trinajstić information content (AvgIpc) is 2.93. The molecule has 1 aromatic carbocycles. The molecule has 3 heterocycles. The van der Waals surface area contributed by atoms with Crippen molar-refractivity contribution in [3.05, 3.63) is 41.6 Å². The first-order chi connectivity index (χ1) is 9.74. The summed E-state index contributed by atoms with van der Waals surface area (Å²) in [6, 6.07) is 3.83. The van der Waals surface area contributed by atoms with Crippen molar-refractivity contribution >= 4 is 17.4 Å². The van der Waals surface area contributed by atoms with Crippen LogP contribution in [-0.2, 0) is 11.3 Å². The lowest BCUT2D eigenvalue weighted by atomic mass is 10.0. The number of amides is 1. The zero-order valence-electron chi connectivity index (χ0n) is 10.5. The van der Waals surface area contributed by atoms with E-state index in [2.05, 4.69) is 4.99 Å². The number of benzene rings is 1. The van der Waals surface area contributed by atoms with Crippen molar-refractivity contribution < 1.29 is 14.3 Å². The highest BCUT2D eigenvalue weighted by Gasteiger charge is 2.30. The summed E-state index contributed by atoms with van der Waals surface area (Å²) < 4.78 is 10.8. The molecule has 0 aliphatic carbocycles. The number of nitrogens with two attached hydrogens (primary N) is 1. The predicted molar refractivity (Wildman–Crippen MR) is 71.6 cm³/mol. The molecule has 4 rings (SSSR count). The van der Waals surface area contributed by atoms with Gasteiger partial charge in [-0.2, -0.15) is 0 Å². The maximum atomic E-state index is 11.5. The van der Waals surface area contributed by atoms with Gasteiger partial charge in [-0.15, -0.1) is 0 Å². The van der Waals surface area contributed by atoms with E-state index in [0.717, 1.165) is 5.56 Å². The van der Waals surface area contributed by atoms with Crippen LogP contribution < -0.4 is 15.2 Å². The number of primary amides is 1. The van der Waals surface area contributed by atoms with Crippen molar-refractivity contribution in [3.63, 3.8) is 0 Å². The summed E-state index contributed by atoms with van der Waals surface area (Å²) >= 11 is 0. The number of amidine groups is 1. The standard InChI is InChI=1S/C14H11N3O3/c15-13(18)9-2-1-5-17-6-8-3-4-10-12(20-7-19-10)11(8)16-14(9)17/h1-5H,6-7H2,(H2,15,18). The van der Waals surface area contributed by atoms with Crippen molar-refractivity contribution in [2.75, 3.05) is 6.79 Å². The molecule has 0 radical (unpaired) electrons. The number of rotatable bonds is 1. The minimum absolute atomic E-state index is 0.193. The first-order valence-corrected chi connectivity index (χ1v) is 6.19. The van der Waals surface area contributed by atoms with E-state index in [-0.39, 0.29) is 6.79 Å². The summed E-state index contributed by atoms with van der Waals surface area (Å²) in [6.07, 6.45) is 5.33.